The lowest BCUT2D eigenvalue weighted by molar-refractivity contribution is -0.113. The van der Waals surface area contributed by atoms with Crippen molar-refractivity contribution in [3.63, 3.8) is 0 Å². The third-order valence-electron chi connectivity index (χ3n) is 4.46. The predicted octanol–water partition coefficient (Wildman–Crippen LogP) is 4.39. The number of esters is 1. The summed E-state index contributed by atoms with van der Waals surface area (Å²) in [5, 5.41) is 11.7. The maximum atomic E-state index is 13.9. The summed E-state index contributed by atoms with van der Waals surface area (Å²) in [6.07, 6.45) is -0.671. The van der Waals surface area contributed by atoms with Gasteiger partial charge in [-0.2, -0.15) is 0 Å². The Morgan fingerprint density at radius 1 is 1.26 bits per heavy atom. The summed E-state index contributed by atoms with van der Waals surface area (Å²) in [7, 11) is 0. The molecule has 0 aliphatic heterocycles. The molecule has 0 spiro atoms. The van der Waals surface area contributed by atoms with E-state index in [2.05, 4.69) is 20.5 Å². The van der Waals surface area contributed by atoms with E-state index >= 15 is 0 Å². The van der Waals surface area contributed by atoms with Gasteiger partial charge in [-0.15, -0.1) is 10.2 Å². The number of nitrogens with zero attached hydrogens (tertiary/aromatic N) is 4. The molecule has 0 radical (unpaired) electrons. The van der Waals surface area contributed by atoms with E-state index in [4.69, 9.17) is 9.47 Å². The number of aryl methyl sites for hydroxylation is 1. The van der Waals surface area contributed by atoms with E-state index in [0.717, 1.165) is 35.2 Å². The van der Waals surface area contributed by atoms with Crippen LogP contribution in [-0.2, 0) is 16.1 Å². The average Bonchev–Trinajstić information content (AvgIpc) is 3.37. The Morgan fingerprint density at radius 3 is 2.71 bits per heavy atom. The quantitative estimate of drug-likeness (QED) is 0.315. The molecule has 1 aromatic carbocycles. The fourth-order valence-electron chi connectivity index (χ4n) is 2.94. The second kappa shape index (κ2) is 11.4. The standard InChI is InChI=1S/C21H23F2N5O4S2/c1-5-28-18(12(4)32-15-8-7-13(22)9-14(15)23)26-27-21(28)33-10-16(29)25-20-24-11(3)17(34-20)19(30)31-6-2/h7-9,12H,5-6,10H2,1-4H3,(H,24,25,29). The second-order valence-electron chi connectivity index (χ2n) is 6.91. The van der Waals surface area contributed by atoms with Crippen LogP contribution in [0.5, 0.6) is 5.75 Å². The number of hydrogen-bond acceptors (Lipinski definition) is 9. The number of ether oxygens (including phenoxy) is 2. The number of nitrogens with one attached hydrogen (secondary N) is 1. The lowest BCUT2D eigenvalue weighted by Gasteiger charge is -2.16. The van der Waals surface area contributed by atoms with Gasteiger partial charge in [-0.3, -0.25) is 4.79 Å². The van der Waals surface area contributed by atoms with Crippen LogP contribution in [0.25, 0.3) is 0 Å². The first-order valence-corrected chi connectivity index (χ1v) is 12.2. The van der Waals surface area contributed by atoms with Gasteiger partial charge in [0.1, 0.15) is 10.7 Å². The minimum absolute atomic E-state index is 0.0212. The number of carbonyl (C=O) groups is 2. The monoisotopic (exact) mass is 511 g/mol. The third kappa shape index (κ3) is 6.08. The number of halogens is 2. The largest absolute Gasteiger partial charge is 0.480 e. The molecule has 9 nitrogen and oxygen atoms in total. The topological polar surface area (TPSA) is 108 Å². The van der Waals surface area contributed by atoms with Crippen molar-refractivity contribution in [2.45, 2.75) is 45.5 Å². The number of rotatable bonds is 10. The first kappa shape index (κ1) is 25.6. The molecule has 0 fully saturated rings. The van der Waals surface area contributed by atoms with Gasteiger partial charge in [-0.05, 0) is 39.8 Å². The molecular weight excluding hydrogens is 488 g/mol. The molecule has 0 saturated heterocycles. The molecule has 1 unspecified atom stereocenters. The summed E-state index contributed by atoms with van der Waals surface area (Å²) >= 11 is 2.20. The summed E-state index contributed by atoms with van der Waals surface area (Å²) in [5.74, 6) is -1.97. The molecule has 1 atom stereocenters. The molecule has 182 valence electrons. The lowest BCUT2D eigenvalue weighted by Crippen LogP contribution is -2.15. The fraction of sp³-hybridized carbons (Fsp3) is 0.381. The minimum atomic E-state index is -0.816. The second-order valence-corrected chi connectivity index (χ2v) is 8.85. The number of aromatic nitrogens is 4. The highest BCUT2D eigenvalue weighted by Gasteiger charge is 2.22. The highest BCUT2D eigenvalue weighted by Crippen LogP contribution is 2.27. The molecule has 1 N–H and O–H groups in total. The van der Waals surface area contributed by atoms with Gasteiger partial charge < -0.3 is 19.4 Å². The van der Waals surface area contributed by atoms with Gasteiger partial charge in [0.25, 0.3) is 0 Å². The van der Waals surface area contributed by atoms with Crippen LogP contribution in [-0.4, -0.2) is 44.0 Å². The Balaban J connectivity index is 1.62. The zero-order valence-corrected chi connectivity index (χ0v) is 20.6. The van der Waals surface area contributed by atoms with Crippen molar-refractivity contribution in [2.75, 3.05) is 17.7 Å². The first-order valence-electron chi connectivity index (χ1n) is 10.3. The average molecular weight is 512 g/mol. The fourth-order valence-corrected chi connectivity index (χ4v) is 4.63. The molecule has 0 aliphatic carbocycles. The Morgan fingerprint density at radius 2 is 2.03 bits per heavy atom. The van der Waals surface area contributed by atoms with Crippen LogP contribution in [0.4, 0.5) is 13.9 Å². The van der Waals surface area contributed by atoms with Gasteiger partial charge in [-0.25, -0.2) is 18.6 Å². The number of anilines is 1. The predicted molar refractivity (Wildman–Crippen MR) is 123 cm³/mol. The van der Waals surface area contributed by atoms with Crippen molar-refractivity contribution in [1.82, 2.24) is 19.7 Å². The molecule has 3 rings (SSSR count). The molecule has 34 heavy (non-hydrogen) atoms. The Hall–Kier alpha value is -3.06. The number of thioether (sulfide) groups is 1. The van der Waals surface area contributed by atoms with Crippen LogP contribution >= 0.6 is 23.1 Å². The van der Waals surface area contributed by atoms with Crippen LogP contribution in [0.15, 0.2) is 23.4 Å². The summed E-state index contributed by atoms with van der Waals surface area (Å²) < 4.78 is 39.4. The van der Waals surface area contributed by atoms with Crippen molar-refractivity contribution in [1.29, 1.82) is 0 Å². The van der Waals surface area contributed by atoms with E-state index < -0.39 is 23.7 Å². The van der Waals surface area contributed by atoms with Crippen molar-refractivity contribution in [3.8, 4) is 5.75 Å². The zero-order chi connectivity index (χ0) is 24.8. The van der Waals surface area contributed by atoms with Gasteiger partial charge in [-0.1, -0.05) is 23.1 Å². The van der Waals surface area contributed by atoms with E-state index in [1.807, 2.05) is 6.92 Å². The molecular formula is C21H23F2N5O4S2. The number of thiazole rings is 1. The number of benzene rings is 1. The molecule has 3 aromatic rings. The smallest absolute Gasteiger partial charge is 0.350 e. The van der Waals surface area contributed by atoms with Crippen LogP contribution in [0.2, 0.25) is 0 Å². The molecule has 2 aromatic heterocycles. The lowest BCUT2D eigenvalue weighted by atomic mass is 10.3. The van der Waals surface area contributed by atoms with Crippen LogP contribution < -0.4 is 10.1 Å². The molecule has 13 heteroatoms. The molecule has 0 saturated carbocycles. The van der Waals surface area contributed by atoms with Gasteiger partial charge in [0.2, 0.25) is 5.91 Å². The Labute approximate surface area is 202 Å². The molecule has 0 bridgehead atoms. The van der Waals surface area contributed by atoms with Gasteiger partial charge >= 0.3 is 5.97 Å². The van der Waals surface area contributed by atoms with E-state index in [-0.39, 0.29) is 24.0 Å². The van der Waals surface area contributed by atoms with E-state index in [0.29, 0.717) is 33.2 Å². The maximum absolute atomic E-state index is 13.9. The normalized spacial score (nSPS) is 11.8. The van der Waals surface area contributed by atoms with E-state index in [1.54, 1.807) is 25.3 Å². The number of carbonyl (C=O) groups excluding carboxylic acids is 2. The summed E-state index contributed by atoms with van der Waals surface area (Å²) in [6.45, 7) is 7.66. The van der Waals surface area contributed by atoms with Crippen molar-refractivity contribution in [2.24, 2.45) is 0 Å². The highest BCUT2D eigenvalue weighted by molar-refractivity contribution is 7.99. The van der Waals surface area contributed by atoms with Gasteiger partial charge in [0.15, 0.2) is 33.8 Å². The third-order valence-corrected chi connectivity index (χ3v) is 6.48. The van der Waals surface area contributed by atoms with Crippen LogP contribution in [0.3, 0.4) is 0 Å². The summed E-state index contributed by atoms with van der Waals surface area (Å²) in [5.41, 5.74) is 0.480. The Bertz CT molecular complexity index is 1180. The van der Waals surface area contributed by atoms with Crippen molar-refractivity contribution < 1.29 is 27.8 Å². The SMILES string of the molecule is CCOC(=O)c1sc(NC(=O)CSc2nnc(C(C)Oc3ccc(F)cc3F)n2CC)nc1C. The number of amides is 1. The summed E-state index contributed by atoms with van der Waals surface area (Å²) in [4.78, 5) is 28.9. The van der Waals surface area contributed by atoms with Crippen LogP contribution in [0.1, 0.15) is 48.1 Å². The molecule has 2 heterocycles. The summed E-state index contributed by atoms with van der Waals surface area (Å²) in [6, 6.07) is 3.06. The Kier molecular flexibility index (Phi) is 8.56. The molecule has 0 aliphatic rings. The highest BCUT2D eigenvalue weighted by atomic mass is 32.2. The molecule has 1 amide bonds. The van der Waals surface area contributed by atoms with E-state index in [1.165, 1.54) is 6.07 Å². The maximum Gasteiger partial charge on any atom is 0.350 e. The van der Waals surface area contributed by atoms with E-state index in [9.17, 15) is 18.4 Å². The van der Waals surface area contributed by atoms with Gasteiger partial charge in [0.05, 0.1) is 18.1 Å². The van der Waals surface area contributed by atoms with Gasteiger partial charge in [0, 0.05) is 12.6 Å². The van der Waals surface area contributed by atoms with Crippen molar-refractivity contribution in [3.05, 3.63) is 46.2 Å². The minimum Gasteiger partial charge on any atom is -0.480 e. The van der Waals surface area contributed by atoms with Crippen LogP contribution in [0, 0.1) is 18.6 Å². The van der Waals surface area contributed by atoms with Crippen molar-refractivity contribution >= 4 is 40.1 Å². The number of hydrogen-bond donors (Lipinski definition) is 1. The zero-order valence-electron chi connectivity index (χ0n) is 18.9. The first-order chi connectivity index (χ1) is 16.2.